The van der Waals surface area contributed by atoms with Crippen LogP contribution in [0.1, 0.15) is 18.9 Å². The Balaban J connectivity index is 2.02. The molecule has 0 aliphatic carbocycles. The molecule has 0 bridgehead atoms. The molecular formula is C12H15Cl2NO. The zero-order valence-electron chi connectivity index (χ0n) is 9.21. The van der Waals surface area contributed by atoms with Crippen LogP contribution in [0.4, 0.5) is 0 Å². The molecule has 1 heterocycles. The van der Waals surface area contributed by atoms with Crippen molar-refractivity contribution in [2.24, 2.45) is 0 Å². The number of nitrogens with zero attached hydrogens (tertiary/aromatic N) is 1. The molecule has 4 heteroatoms. The number of halogens is 2. The van der Waals surface area contributed by atoms with Crippen molar-refractivity contribution in [3.63, 3.8) is 0 Å². The molecule has 1 aliphatic heterocycles. The molecule has 1 aliphatic rings. The van der Waals surface area contributed by atoms with Crippen molar-refractivity contribution in [1.82, 2.24) is 4.90 Å². The highest BCUT2D eigenvalue weighted by atomic mass is 35.5. The van der Waals surface area contributed by atoms with Crippen molar-refractivity contribution in [3.05, 3.63) is 33.8 Å². The van der Waals surface area contributed by atoms with Crippen molar-refractivity contribution < 1.29 is 5.11 Å². The molecular weight excluding hydrogens is 245 g/mol. The van der Waals surface area contributed by atoms with Gasteiger partial charge in [-0.05, 0) is 18.6 Å². The summed E-state index contributed by atoms with van der Waals surface area (Å²) in [4.78, 5) is 2.15. The van der Waals surface area contributed by atoms with Gasteiger partial charge in [0.05, 0.1) is 5.60 Å². The SMILES string of the molecule is CCC1(O)CN(Cc2c(Cl)cccc2Cl)C1. The fourth-order valence-corrected chi connectivity index (χ4v) is 2.55. The second kappa shape index (κ2) is 4.53. The van der Waals surface area contributed by atoms with Crippen molar-refractivity contribution in [2.75, 3.05) is 13.1 Å². The summed E-state index contributed by atoms with van der Waals surface area (Å²) in [5.74, 6) is 0. The van der Waals surface area contributed by atoms with Gasteiger partial charge < -0.3 is 5.11 Å². The normalized spacial score (nSPS) is 19.5. The molecule has 1 aromatic rings. The highest BCUT2D eigenvalue weighted by Gasteiger charge is 2.39. The summed E-state index contributed by atoms with van der Waals surface area (Å²) in [7, 11) is 0. The summed E-state index contributed by atoms with van der Waals surface area (Å²) in [5, 5.41) is 11.3. The summed E-state index contributed by atoms with van der Waals surface area (Å²) in [6, 6.07) is 5.52. The maximum absolute atomic E-state index is 9.90. The molecule has 0 saturated carbocycles. The molecule has 1 aromatic carbocycles. The van der Waals surface area contributed by atoms with E-state index in [0.717, 1.165) is 12.0 Å². The van der Waals surface area contributed by atoms with E-state index >= 15 is 0 Å². The molecule has 1 fully saturated rings. The number of rotatable bonds is 3. The average Bonchev–Trinajstić information content (AvgIpc) is 2.20. The van der Waals surface area contributed by atoms with Crippen LogP contribution >= 0.6 is 23.2 Å². The van der Waals surface area contributed by atoms with E-state index in [9.17, 15) is 5.11 Å². The zero-order valence-corrected chi connectivity index (χ0v) is 10.7. The second-order valence-electron chi connectivity index (χ2n) is 4.42. The van der Waals surface area contributed by atoms with E-state index < -0.39 is 5.60 Å². The number of likely N-dealkylation sites (tertiary alicyclic amines) is 1. The van der Waals surface area contributed by atoms with Crippen molar-refractivity contribution in [3.8, 4) is 0 Å². The highest BCUT2D eigenvalue weighted by Crippen LogP contribution is 2.30. The molecule has 0 aromatic heterocycles. The van der Waals surface area contributed by atoms with Crippen LogP contribution in [0.3, 0.4) is 0 Å². The Morgan fingerprint density at radius 2 is 1.88 bits per heavy atom. The molecule has 1 N–H and O–H groups in total. The highest BCUT2D eigenvalue weighted by molar-refractivity contribution is 6.35. The summed E-state index contributed by atoms with van der Waals surface area (Å²) < 4.78 is 0. The molecule has 1 saturated heterocycles. The van der Waals surface area contributed by atoms with Crippen LogP contribution in [0.25, 0.3) is 0 Å². The zero-order chi connectivity index (χ0) is 11.8. The Hall–Kier alpha value is -0.280. The van der Waals surface area contributed by atoms with Crippen LogP contribution in [-0.2, 0) is 6.54 Å². The molecule has 2 rings (SSSR count). The number of benzene rings is 1. The van der Waals surface area contributed by atoms with Gasteiger partial charge in [0.15, 0.2) is 0 Å². The maximum Gasteiger partial charge on any atom is 0.0897 e. The summed E-state index contributed by atoms with van der Waals surface area (Å²) in [5.41, 5.74) is 0.442. The van der Waals surface area contributed by atoms with E-state index in [-0.39, 0.29) is 0 Å². The molecule has 0 amide bonds. The predicted molar refractivity (Wildman–Crippen MR) is 67.0 cm³/mol. The first-order valence-corrected chi connectivity index (χ1v) is 6.17. The maximum atomic E-state index is 9.90. The van der Waals surface area contributed by atoms with Gasteiger partial charge in [0, 0.05) is 35.2 Å². The Labute approximate surface area is 106 Å². The van der Waals surface area contributed by atoms with Crippen LogP contribution in [-0.4, -0.2) is 28.7 Å². The lowest BCUT2D eigenvalue weighted by atomic mass is 9.91. The Bertz CT molecular complexity index is 368. The number of β-amino-alcohol motifs (C(OH)–C–C–N with tert-alkyl or cyclic N) is 1. The third kappa shape index (κ3) is 2.35. The van der Waals surface area contributed by atoms with Crippen molar-refractivity contribution in [2.45, 2.75) is 25.5 Å². The number of hydrogen-bond donors (Lipinski definition) is 1. The topological polar surface area (TPSA) is 23.5 Å². The number of aliphatic hydroxyl groups is 1. The van der Waals surface area contributed by atoms with E-state index in [1.165, 1.54) is 0 Å². The van der Waals surface area contributed by atoms with Crippen LogP contribution in [0, 0.1) is 0 Å². The Morgan fingerprint density at radius 3 is 2.38 bits per heavy atom. The summed E-state index contributed by atoms with van der Waals surface area (Å²) in [6.45, 7) is 4.11. The lowest BCUT2D eigenvalue weighted by molar-refractivity contribution is -0.103. The Morgan fingerprint density at radius 1 is 1.31 bits per heavy atom. The minimum atomic E-state index is -0.506. The monoisotopic (exact) mass is 259 g/mol. The fraction of sp³-hybridized carbons (Fsp3) is 0.500. The lowest BCUT2D eigenvalue weighted by Crippen LogP contribution is -2.60. The van der Waals surface area contributed by atoms with Gasteiger partial charge in [-0.2, -0.15) is 0 Å². The van der Waals surface area contributed by atoms with Gasteiger partial charge in [-0.3, -0.25) is 4.90 Å². The van der Waals surface area contributed by atoms with E-state index in [4.69, 9.17) is 23.2 Å². The molecule has 0 atom stereocenters. The summed E-state index contributed by atoms with van der Waals surface area (Å²) >= 11 is 12.2. The first-order valence-electron chi connectivity index (χ1n) is 5.42. The third-order valence-electron chi connectivity index (χ3n) is 3.14. The van der Waals surface area contributed by atoms with Gasteiger partial charge in [0.25, 0.3) is 0 Å². The minimum absolute atomic E-state index is 0.506. The molecule has 0 radical (unpaired) electrons. The summed E-state index contributed by atoms with van der Waals surface area (Å²) in [6.07, 6.45) is 0.791. The van der Waals surface area contributed by atoms with E-state index in [0.29, 0.717) is 29.7 Å². The fourth-order valence-electron chi connectivity index (χ4n) is 2.03. The molecule has 16 heavy (non-hydrogen) atoms. The first-order chi connectivity index (χ1) is 7.54. The van der Waals surface area contributed by atoms with Gasteiger partial charge >= 0.3 is 0 Å². The van der Waals surface area contributed by atoms with Gasteiger partial charge in [-0.1, -0.05) is 36.2 Å². The van der Waals surface area contributed by atoms with E-state index in [1.807, 2.05) is 25.1 Å². The van der Waals surface area contributed by atoms with E-state index in [2.05, 4.69) is 4.90 Å². The molecule has 0 spiro atoms. The van der Waals surface area contributed by atoms with Gasteiger partial charge in [-0.15, -0.1) is 0 Å². The van der Waals surface area contributed by atoms with Crippen LogP contribution in [0.15, 0.2) is 18.2 Å². The minimum Gasteiger partial charge on any atom is -0.387 e. The smallest absolute Gasteiger partial charge is 0.0897 e. The standard InChI is InChI=1S/C12H15Cl2NO/c1-2-12(16)7-15(8-12)6-9-10(13)4-3-5-11(9)14/h3-5,16H,2,6-8H2,1H3. The first kappa shape index (κ1) is 12.2. The van der Waals surface area contributed by atoms with Gasteiger partial charge in [0.1, 0.15) is 0 Å². The Kier molecular flexibility index (Phi) is 3.45. The lowest BCUT2D eigenvalue weighted by Gasteiger charge is -2.46. The average molecular weight is 260 g/mol. The van der Waals surface area contributed by atoms with Crippen molar-refractivity contribution >= 4 is 23.2 Å². The molecule has 88 valence electrons. The van der Waals surface area contributed by atoms with Crippen molar-refractivity contribution in [1.29, 1.82) is 0 Å². The van der Waals surface area contributed by atoms with Gasteiger partial charge in [-0.25, -0.2) is 0 Å². The molecule has 2 nitrogen and oxygen atoms in total. The van der Waals surface area contributed by atoms with Crippen LogP contribution in [0.5, 0.6) is 0 Å². The van der Waals surface area contributed by atoms with Crippen LogP contribution in [0.2, 0.25) is 10.0 Å². The predicted octanol–water partition coefficient (Wildman–Crippen LogP) is 2.95. The van der Waals surface area contributed by atoms with E-state index in [1.54, 1.807) is 0 Å². The third-order valence-corrected chi connectivity index (χ3v) is 3.85. The largest absolute Gasteiger partial charge is 0.387 e. The van der Waals surface area contributed by atoms with Crippen LogP contribution < -0.4 is 0 Å². The number of hydrogen-bond acceptors (Lipinski definition) is 2. The second-order valence-corrected chi connectivity index (χ2v) is 5.24. The van der Waals surface area contributed by atoms with Gasteiger partial charge in [0.2, 0.25) is 0 Å². The molecule has 0 unspecified atom stereocenters. The quantitative estimate of drug-likeness (QED) is 0.903.